The van der Waals surface area contributed by atoms with Crippen molar-refractivity contribution >= 4 is 23.6 Å². The van der Waals surface area contributed by atoms with Gasteiger partial charge in [0.1, 0.15) is 0 Å². The molecule has 29 heavy (non-hydrogen) atoms. The van der Waals surface area contributed by atoms with E-state index in [-0.39, 0.29) is 30.1 Å². The molecular weight excluding hydrogens is 376 g/mol. The number of anilines is 2. The van der Waals surface area contributed by atoms with Gasteiger partial charge in [0, 0.05) is 50.1 Å². The third-order valence-corrected chi connectivity index (χ3v) is 4.96. The second kappa shape index (κ2) is 7.92. The number of urea groups is 1. The SMILES string of the molecule is COCc1cc(=O)[nH]c(N2CCC(NC(=O)c3ccc4c(c3)NC(=O)NC4)C2)n1. The van der Waals surface area contributed by atoms with Crippen LogP contribution in [0.2, 0.25) is 0 Å². The van der Waals surface area contributed by atoms with Crippen LogP contribution in [0.3, 0.4) is 0 Å². The second-order valence-electron chi connectivity index (χ2n) is 7.08. The van der Waals surface area contributed by atoms with Gasteiger partial charge in [0.05, 0.1) is 12.3 Å². The number of H-pyrrole nitrogens is 1. The molecule has 2 aliphatic heterocycles. The van der Waals surface area contributed by atoms with E-state index in [0.29, 0.717) is 42.5 Å². The zero-order chi connectivity index (χ0) is 20.4. The molecule has 0 bridgehead atoms. The molecule has 4 rings (SSSR count). The molecule has 1 aromatic carbocycles. The number of nitrogens with zero attached hydrogens (tertiary/aromatic N) is 2. The lowest BCUT2D eigenvalue weighted by atomic mass is 10.1. The number of ether oxygens (including phenoxy) is 1. The first-order chi connectivity index (χ1) is 14.0. The second-order valence-corrected chi connectivity index (χ2v) is 7.08. The number of fused-ring (bicyclic) bond motifs is 1. The fourth-order valence-corrected chi connectivity index (χ4v) is 3.53. The molecule has 0 radical (unpaired) electrons. The maximum atomic E-state index is 12.7. The fourth-order valence-electron chi connectivity index (χ4n) is 3.53. The largest absolute Gasteiger partial charge is 0.378 e. The first-order valence-corrected chi connectivity index (χ1v) is 9.34. The summed E-state index contributed by atoms with van der Waals surface area (Å²) in [5, 5.41) is 8.41. The summed E-state index contributed by atoms with van der Waals surface area (Å²) < 4.78 is 5.05. The molecule has 2 aliphatic rings. The van der Waals surface area contributed by atoms with Gasteiger partial charge in [-0.1, -0.05) is 6.07 Å². The van der Waals surface area contributed by atoms with Crippen molar-refractivity contribution in [1.82, 2.24) is 20.6 Å². The van der Waals surface area contributed by atoms with Gasteiger partial charge in [-0.2, -0.15) is 0 Å². The third kappa shape index (κ3) is 4.21. The van der Waals surface area contributed by atoms with E-state index < -0.39 is 0 Å². The van der Waals surface area contributed by atoms with Crippen molar-refractivity contribution in [3.63, 3.8) is 0 Å². The Hall–Kier alpha value is -3.40. The maximum Gasteiger partial charge on any atom is 0.319 e. The first-order valence-electron chi connectivity index (χ1n) is 9.34. The number of benzene rings is 1. The van der Waals surface area contributed by atoms with Crippen molar-refractivity contribution in [3.05, 3.63) is 51.4 Å². The molecule has 4 N–H and O–H groups in total. The number of carbonyl (C=O) groups excluding carboxylic acids is 2. The molecule has 0 saturated carbocycles. The molecule has 0 spiro atoms. The van der Waals surface area contributed by atoms with Crippen molar-refractivity contribution in [2.45, 2.75) is 25.6 Å². The molecule has 1 atom stereocenters. The Bertz CT molecular complexity index is 1000. The smallest absolute Gasteiger partial charge is 0.319 e. The van der Waals surface area contributed by atoms with Crippen LogP contribution >= 0.6 is 0 Å². The van der Waals surface area contributed by atoms with E-state index in [1.54, 1.807) is 19.2 Å². The highest BCUT2D eigenvalue weighted by molar-refractivity contribution is 5.98. The van der Waals surface area contributed by atoms with Crippen molar-refractivity contribution in [2.24, 2.45) is 0 Å². The quantitative estimate of drug-likeness (QED) is 0.583. The summed E-state index contributed by atoms with van der Waals surface area (Å²) in [6.07, 6.45) is 0.732. The highest BCUT2D eigenvalue weighted by Crippen LogP contribution is 2.21. The molecule has 10 heteroatoms. The van der Waals surface area contributed by atoms with Crippen LogP contribution < -0.4 is 26.4 Å². The molecule has 1 saturated heterocycles. The summed E-state index contributed by atoms with van der Waals surface area (Å²) >= 11 is 0. The lowest BCUT2D eigenvalue weighted by Crippen LogP contribution is -2.38. The number of amides is 3. The molecule has 10 nitrogen and oxygen atoms in total. The minimum Gasteiger partial charge on any atom is -0.378 e. The standard InChI is InChI=1S/C19H22N6O4/c1-29-10-14-7-16(26)24-18(22-14)25-5-4-13(9-25)21-17(27)11-2-3-12-8-20-19(28)23-15(12)6-11/h2-3,6-7,13H,4-5,8-10H2,1H3,(H,21,27)(H2,20,23,28)(H,22,24,26). The van der Waals surface area contributed by atoms with Gasteiger partial charge < -0.3 is 25.6 Å². The summed E-state index contributed by atoms with van der Waals surface area (Å²) in [7, 11) is 1.55. The van der Waals surface area contributed by atoms with Crippen LogP contribution in [0.15, 0.2) is 29.1 Å². The monoisotopic (exact) mass is 398 g/mol. The van der Waals surface area contributed by atoms with E-state index >= 15 is 0 Å². The number of rotatable bonds is 5. The number of methoxy groups -OCH3 is 1. The highest BCUT2D eigenvalue weighted by atomic mass is 16.5. The Morgan fingerprint density at radius 3 is 3.03 bits per heavy atom. The summed E-state index contributed by atoms with van der Waals surface area (Å²) in [5.74, 6) is 0.271. The average Bonchev–Trinajstić information content (AvgIpc) is 3.15. The Kier molecular flexibility index (Phi) is 5.17. The number of aromatic amines is 1. The van der Waals surface area contributed by atoms with Gasteiger partial charge in [-0.05, 0) is 24.1 Å². The van der Waals surface area contributed by atoms with Crippen LogP contribution in [0.1, 0.15) is 28.0 Å². The van der Waals surface area contributed by atoms with Crippen LogP contribution in [0, 0.1) is 0 Å². The van der Waals surface area contributed by atoms with Gasteiger partial charge in [0.25, 0.3) is 11.5 Å². The van der Waals surface area contributed by atoms with Crippen molar-refractivity contribution in [2.75, 3.05) is 30.4 Å². The molecule has 2 aromatic rings. The minimum atomic E-state index is -0.279. The molecular formula is C19H22N6O4. The molecule has 0 aliphatic carbocycles. The van der Waals surface area contributed by atoms with Crippen molar-refractivity contribution in [1.29, 1.82) is 0 Å². The number of nitrogens with one attached hydrogen (secondary N) is 4. The minimum absolute atomic E-state index is 0.0776. The molecule has 1 aromatic heterocycles. The zero-order valence-electron chi connectivity index (χ0n) is 15.9. The van der Waals surface area contributed by atoms with Crippen LogP contribution in [0.4, 0.5) is 16.4 Å². The van der Waals surface area contributed by atoms with E-state index in [1.807, 2.05) is 11.0 Å². The van der Waals surface area contributed by atoms with E-state index in [0.717, 1.165) is 12.0 Å². The van der Waals surface area contributed by atoms with Crippen molar-refractivity contribution < 1.29 is 14.3 Å². The summed E-state index contributed by atoms with van der Waals surface area (Å²) in [4.78, 5) is 45.1. The predicted molar refractivity (Wildman–Crippen MR) is 106 cm³/mol. The number of hydrogen-bond donors (Lipinski definition) is 4. The van der Waals surface area contributed by atoms with E-state index in [9.17, 15) is 14.4 Å². The average molecular weight is 398 g/mol. The third-order valence-electron chi connectivity index (χ3n) is 4.96. The lowest BCUT2D eigenvalue weighted by Gasteiger charge is -2.20. The Morgan fingerprint density at radius 2 is 2.21 bits per heavy atom. The molecule has 3 amide bonds. The van der Waals surface area contributed by atoms with Gasteiger partial charge >= 0.3 is 6.03 Å². The molecule has 1 fully saturated rings. The first kappa shape index (κ1) is 18.9. The van der Waals surface area contributed by atoms with Gasteiger partial charge in [-0.25, -0.2) is 9.78 Å². The molecule has 3 heterocycles. The summed E-state index contributed by atoms with van der Waals surface area (Å²) in [5.41, 5.74) is 2.38. The zero-order valence-corrected chi connectivity index (χ0v) is 15.9. The van der Waals surface area contributed by atoms with Gasteiger partial charge in [0.2, 0.25) is 5.95 Å². The molecule has 152 valence electrons. The van der Waals surface area contributed by atoms with Crippen molar-refractivity contribution in [3.8, 4) is 0 Å². The fraction of sp³-hybridized carbons (Fsp3) is 0.368. The predicted octanol–water partition coefficient (Wildman–Crippen LogP) is 0.560. The summed E-state index contributed by atoms with van der Waals surface area (Å²) in [6.45, 7) is 1.90. The lowest BCUT2D eigenvalue weighted by molar-refractivity contribution is 0.0940. The van der Waals surface area contributed by atoms with E-state index in [2.05, 4.69) is 25.9 Å². The summed E-state index contributed by atoms with van der Waals surface area (Å²) in [6, 6.07) is 6.31. The van der Waals surface area contributed by atoms with E-state index in [4.69, 9.17) is 4.74 Å². The number of carbonyl (C=O) groups is 2. The molecule has 1 unspecified atom stereocenters. The van der Waals surface area contributed by atoms with Crippen LogP contribution in [0.5, 0.6) is 0 Å². The normalized spacial score (nSPS) is 18.0. The van der Waals surface area contributed by atoms with Gasteiger partial charge in [0.15, 0.2) is 0 Å². The van der Waals surface area contributed by atoms with E-state index in [1.165, 1.54) is 6.07 Å². The topological polar surface area (TPSA) is 128 Å². The Balaban J connectivity index is 1.41. The van der Waals surface area contributed by atoms with Crippen LogP contribution in [-0.4, -0.2) is 48.1 Å². The number of hydrogen-bond acceptors (Lipinski definition) is 6. The Morgan fingerprint density at radius 1 is 1.34 bits per heavy atom. The van der Waals surface area contributed by atoms with Gasteiger partial charge in [-0.3, -0.25) is 14.6 Å². The Labute approximate surface area is 166 Å². The maximum absolute atomic E-state index is 12.7. The highest BCUT2D eigenvalue weighted by Gasteiger charge is 2.26. The van der Waals surface area contributed by atoms with Crippen LogP contribution in [-0.2, 0) is 17.9 Å². The number of aromatic nitrogens is 2. The van der Waals surface area contributed by atoms with Gasteiger partial charge in [-0.15, -0.1) is 0 Å². The van der Waals surface area contributed by atoms with Crippen LogP contribution in [0.25, 0.3) is 0 Å².